The van der Waals surface area contributed by atoms with Crippen LogP contribution in [0.3, 0.4) is 0 Å². The minimum absolute atomic E-state index is 0.0482. The first-order valence-corrected chi connectivity index (χ1v) is 6.56. The van der Waals surface area contributed by atoms with Gasteiger partial charge in [0.25, 0.3) is 0 Å². The van der Waals surface area contributed by atoms with E-state index in [9.17, 15) is 4.79 Å². The molecule has 0 saturated heterocycles. The predicted molar refractivity (Wildman–Crippen MR) is 75.7 cm³/mol. The molecule has 0 spiro atoms. The number of ether oxygens (including phenoxy) is 3. The Morgan fingerprint density at radius 3 is 2.30 bits per heavy atom. The number of rotatable bonds is 8. The molecule has 0 amide bonds. The lowest BCUT2D eigenvalue weighted by atomic mass is 10.1. The Morgan fingerprint density at radius 1 is 1.20 bits per heavy atom. The molecule has 1 rings (SSSR count). The number of Topliss-reactive ketones (excluding diaryl/α,β-unsaturated/α-hetero) is 1. The summed E-state index contributed by atoms with van der Waals surface area (Å²) in [6, 6.07) is 3.53. The van der Waals surface area contributed by atoms with Crippen molar-refractivity contribution in [2.45, 2.75) is 32.8 Å². The molecule has 1 unspecified atom stereocenters. The molecular weight excluding hydrogens is 260 g/mol. The lowest BCUT2D eigenvalue weighted by Gasteiger charge is -2.18. The Balaban J connectivity index is 3.12. The Bertz CT molecular complexity index is 456. The molecule has 0 fully saturated rings. The number of aliphatic hydroxyl groups is 1. The van der Waals surface area contributed by atoms with Crippen LogP contribution in [0.4, 0.5) is 0 Å². The molecule has 0 radical (unpaired) electrons. The van der Waals surface area contributed by atoms with Gasteiger partial charge in [-0.2, -0.15) is 0 Å². The van der Waals surface area contributed by atoms with E-state index >= 15 is 0 Å². The number of carbonyl (C=O) groups is 1. The maximum Gasteiger partial charge on any atom is 0.169 e. The number of aryl methyl sites for hydroxylation is 1. The summed E-state index contributed by atoms with van der Waals surface area (Å²) in [5.74, 6) is 1.68. The van der Waals surface area contributed by atoms with Crippen molar-refractivity contribution in [1.29, 1.82) is 0 Å². The molecule has 5 heteroatoms. The van der Waals surface area contributed by atoms with Crippen molar-refractivity contribution in [2.75, 3.05) is 20.8 Å². The zero-order valence-electron chi connectivity index (χ0n) is 12.4. The first-order chi connectivity index (χ1) is 9.53. The average Bonchev–Trinajstić information content (AvgIpc) is 2.45. The van der Waals surface area contributed by atoms with E-state index in [4.69, 9.17) is 19.3 Å². The molecule has 1 N–H and O–H groups in total. The first kappa shape index (κ1) is 16.3. The molecule has 0 aromatic heterocycles. The van der Waals surface area contributed by atoms with E-state index < -0.39 is 6.10 Å². The molecule has 0 aliphatic heterocycles. The Labute approximate surface area is 119 Å². The van der Waals surface area contributed by atoms with Gasteiger partial charge in [-0.05, 0) is 38.3 Å². The zero-order valence-corrected chi connectivity index (χ0v) is 12.4. The van der Waals surface area contributed by atoms with E-state index in [-0.39, 0.29) is 12.4 Å². The van der Waals surface area contributed by atoms with Crippen LogP contribution in [0, 0.1) is 0 Å². The molecule has 0 bridgehead atoms. The van der Waals surface area contributed by atoms with E-state index in [2.05, 4.69) is 0 Å². The molecule has 0 aliphatic rings. The molecule has 0 aliphatic carbocycles. The molecule has 0 saturated carbocycles. The fourth-order valence-electron chi connectivity index (χ4n) is 1.75. The highest BCUT2D eigenvalue weighted by Crippen LogP contribution is 2.35. The van der Waals surface area contributed by atoms with E-state index in [1.54, 1.807) is 27.2 Å². The van der Waals surface area contributed by atoms with Crippen LogP contribution in [0.2, 0.25) is 0 Å². The van der Waals surface area contributed by atoms with Crippen molar-refractivity contribution >= 4 is 5.78 Å². The van der Waals surface area contributed by atoms with Gasteiger partial charge in [0.15, 0.2) is 23.4 Å². The fraction of sp³-hybridized carbons (Fsp3) is 0.533. The lowest BCUT2D eigenvalue weighted by Crippen LogP contribution is -2.21. The molecule has 1 aromatic carbocycles. The third kappa shape index (κ3) is 4.13. The molecule has 112 valence electrons. The van der Waals surface area contributed by atoms with Crippen LogP contribution < -0.4 is 14.2 Å². The lowest BCUT2D eigenvalue weighted by molar-refractivity contribution is -0.122. The van der Waals surface area contributed by atoms with Crippen LogP contribution >= 0.6 is 0 Å². The van der Waals surface area contributed by atoms with Gasteiger partial charge in [-0.1, -0.05) is 0 Å². The predicted octanol–water partition coefficient (Wildman–Crippen LogP) is 1.98. The van der Waals surface area contributed by atoms with E-state index in [0.717, 1.165) is 5.56 Å². The number of carbonyl (C=O) groups excluding carboxylic acids is 1. The van der Waals surface area contributed by atoms with Crippen molar-refractivity contribution in [3.05, 3.63) is 17.7 Å². The second kappa shape index (κ2) is 7.75. The summed E-state index contributed by atoms with van der Waals surface area (Å²) >= 11 is 0. The largest absolute Gasteiger partial charge is 0.493 e. The SMILES string of the molecule is COc1cc(CCCO)c(OC(C)C(C)=O)cc1OC. The Kier molecular flexibility index (Phi) is 6.31. The maximum absolute atomic E-state index is 11.3. The van der Waals surface area contributed by atoms with Crippen molar-refractivity contribution in [3.63, 3.8) is 0 Å². The second-order valence-corrected chi connectivity index (χ2v) is 4.51. The third-order valence-electron chi connectivity index (χ3n) is 3.05. The van der Waals surface area contributed by atoms with Crippen LogP contribution in [-0.2, 0) is 11.2 Å². The van der Waals surface area contributed by atoms with E-state index in [0.29, 0.717) is 30.1 Å². The normalized spacial score (nSPS) is 11.8. The van der Waals surface area contributed by atoms with Crippen LogP contribution in [0.1, 0.15) is 25.8 Å². The quantitative estimate of drug-likeness (QED) is 0.790. The summed E-state index contributed by atoms with van der Waals surface area (Å²) in [5, 5.41) is 8.96. The monoisotopic (exact) mass is 282 g/mol. The number of benzene rings is 1. The Morgan fingerprint density at radius 2 is 1.80 bits per heavy atom. The summed E-state index contributed by atoms with van der Waals surface area (Å²) in [6.45, 7) is 3.28. The van der Waals surface area contributed by atoms with Gasteiger partial charge in [0.1, 0.15) is 5.75 Å². The van der Waals surface area contributed by atoms with Gasteiger partial charge in [-0.25, -0.2) is 0 Å². The summed E-state index contributed by atoms with van der Waals surface area (Å²) in [6.07, 6.45) is 0.720. The molecule has 20 heavy (non-hydrogen) atoms. The van der Waals surface area contributed by atoms with Gasteiger partial charge in [-0.15, -0.1) is 0 Å². The number of methoxy groups -OCH3 is 2. The number of hydrogen-bond donors (Lipinski definition) is 1. The van der Waals surface area contributed by atoms with Crippen molar-refractivity contribution in [3.8, 4) is 17.2 Å². The van der Waals surface area contributed by atoms with E-state index in [1.807, 2.05) is 6.07 Å². The third-order valence-corrected chi connectivity index (χ3v) is 3.05. The van der Waals surface area contributed by atoms with Crippen LogP contribution in [0.25, 0.3) is 0 Å². The Hall–Kier alpha value is -1.75. The highest BCUT2D eigenvalue weighted by atomic mass is 16.5. The smallest absolute Gasteiger partial charge is 0.169 e. The fourth-order valence-corrected chi connectivity index (χ4v) is 1.75. The highest BCUT2D eigenvalue weighted by Gasteiger charge is 2.16. The van der Waals surface area contributed by atoms with Crippen LogP contribution in [-0.4, -0.2) is 37.8 Å². The molecule has 5 nitrogen and oxygen atoms in total. The van der Waals surface area contributed by atoms with E-state index in [1.165, 1.54) is 6.92 Å². The van der Waals surface area contributed by atoms with Crippen molar-refractivity contribution < 1.29 is 24.1 Å². The number of ketones is 1. The number of aliphatic hydroxyl groups excluding tert-OH is 1. The van der Waals surface area contributed by atoms with Crippen LogP contribution in [0.5, 0.6) is 17.2 Å². The minimum atomic E-state index is -0.527. The van der Waals surface area contributed by atoms with Gasteiger partial charge in [0, 0.05) is 12.7 Å². The topological polar surface area (TPSA) is 65.0 Å². The molecule has 1 atom stereocenters. The summed E-state index contributed by atoms with van der Waals surface area (Å²) in [4.78, 5) is 11.3. The van der Waals surface area contributed by atoms with Gasteiger partial charge in [0.05, 0.1) is 14.2 Å². The van der Waals surface area contributed by atoms with Crippen molar-refractivity contribution in [2.24, 2.45) is 0 Å². The zero-order chi connectivity index (χ0) is 15.1. The van der Waals surface area contributed by atoms with Gasteiger partial charge in [0.2, 0.25) is 0 Å². The number of hydrogen-bond acceptors (Lipinski definition) is 5. The van der Waals surface area contributed by atoms with Gasteiger partial charge < -0.3 is 19.3 Å². The van der Waals surface area contributed by atoms with Crippen LogP contribution in [0.15, 0.2) is 12.1 Å². The average molecular weight is 282 g/mol. The maximum atomic E-state index is 11.3. The summed E-state index contributed by atoms with van der Waals surface area (Å²) in [7, 11) is 3.11. The highest BCUT2D eigenvalue weighted by molar-refractivity contribution is 5.80. The summed E-state index contributed by atoms with van der Waals surface area (Å²) in [5.41, 5.74) is 0.879. The van der Waals surface area contributed by atoms with Crippen molar-refractivity contribution in [1.82, 2.24) is 0 Å². The first-order valence-electron chi connectivity index (χ1n) is 6.56. The summed E-state index contributed by atoms with van der Waals surface area (Å²) < 4.78 is 16.2. The molecular formula is C15H22O5. The molecule has 0 heterocycles. The van der Waals surface area contributed by atoms with Gasteiger partial charge >= 0.3 is 0 Å². The molecule has 1 aromatic rings. The second-order valence-electron chi connectivity index (χ2n) is 4.51. The minimum Gasteiger partial charge on any atom is -0.493 e. The standard InChI is InChI=1S/C15H22O5/c1-10(17)11(2)20-13-9-15(19-4)14(18-3)8-12(13)6-5-7-16/h8-9,11,16H,5-7H2,1-4H3. The van der Waals surface area contributed by atoms with Gasteiger partial charge in [-0.3, -0.25) is 4.79 Å².